The highest BCUT2D eigenvalue weighted by molar-refractivity contribution is 5.97. The molecule has 2 heterocycles. The fourth-order valence-electron chi connectivity index (χ4n) is 2.02. The average Bonchev–Trinajstić information content (AvgIpc) is 2.87. The van der Waals surface area contributed by atoms with Crippen molar-refractivity contribution in [1.29, 1.82) is 0 Å². The minimum absolute atomic E-state index is 0.0754. The zero-order chi connectivity index (χ0) is 12.4. The Kier molecular flexibility index (Phi) is 3.33. The zero-order valence-electron chi connectivity index (χ0n) is 10.1. The van der Waals surface area contributed by atoms with Gasteiger partial charge in [-0.1, -0.05) is 0 Å². The molecule has 0 saturated carbocycles. The Labute approximate surface area is 100 Å². The Morgan fingerprint density at radius 1 is 1.76 bits per heavy atom. The standard InChI is InChI=1S/C11H18N4O2/c1-7(8-3-4-17-6-8)13-11(16)10-9(12)5-15(2)14-10/h5,7-8H,3-4,6,12H2,1-2H3,(H,13,16). The SMILES string of the molecule is CC(NC(=O)c1nn(C)cc1N)C1CCOC1. The summed E-state index contributed by atoms with van der Waals surface area (Å²) in [7, 11) is 1.74. The van der Waals surface area contributed by atoms with Gasteiger partial charge in [0.2, 0.25) is 0 Å². The molecule has 1 fully saturated rings. The molecule has 0 aliphatic carbocycles. The van der Waals surface area contributed by atoms with Crippen LogP contribution >= 0.6 is 0 Å². The van der Waals surface area contributed by atoms with Crippen molar-refractivity contribution in [1.82, 2.24) is 15.1 Å². The number of rotatable bonds is 3. The minimum Gasteiger partial charge on any atom is -0.396 e. The number of hydrogen-bond donors (Lipinski definition) is 2. The second-order valence-corrected chi connectivity index (χ2v) is 4.49. The van der Waals surface area contributed by atoms with Crippen molar-refractivity contribution < 1.29 is 9.53 Å². The van der Waals surface area contributed by atoms with E-state index in [1.54, 1.807) is 13.2 Å². The maximum Gasteiger partial charge on any atom is 0.274 e. The number of nitrogens with zero attached hydrogens (tertiary/aromatic N) is 2. The third-order valence-electron chi connectivity index (χ3n) is 3.10. The van der Waals surface area contributed by atoms with E-state index in [0.717, 1.165) is 13.0 Å². The molecule has 1 aromatic rings. The number of anilines is 1. The Hall–Kier alpha value is -1.56. The van der Waals surface area contributed by atoms with E-state index in [-0.39, 0.29) is 11.9 Å². The largest absolute Gasteiger partial charge is 0.396 e. The first-order valence-corrected chi connectivity index (χ1v) is 5.75. The van der Waals surface area contributed by atoms with E-state index < -0.39 is 0 Å². The van der Waals surface area contributed by atoms with Crippen LogP contribution in [0, 0.1) is 5.92 Å². The maximum absolute atomic E-state index is 11.9. The molecule has 17 heavy (non-hydrogen) atoms. The quantitative estimate of drug-likeness (QED) is 0.785. The van der Waals surface area contributed by atoms with Crippen LogP contribution in [0.5, 0.6) is 0 Å². The van der Waals surface area contributed by atoms with E-state index in [0.29, 0.717) is 23.9 Å². The summed E-state index contributed by atoms with van der Waals surface area (Å²) in [5, 5.41) is 6.96. The van der Waals surface area contributed by atoms with Gasteiger partial charge in [-0.15, -0.1) is 0 Å². The number of aryl methyl sites for hydroxylation is 1. The maximum atomic E-state index is 11.9. The van der Waals surface area contributed by atoms with Gasteiger partial charge in [0.1, 0.15) is 0 Å². The van der Waals surface area contributed by atoms with Crippen molar-refractivity contribution in [3.8, 4) is 0 Å². The molecule has 0 aromatic carbocycles. The van der Waals surface area contributed by atoms with Crippen LogP contribution in [0.1, 0.15) is 23.8 Å². The molecule has 0 radical (unpaired) electrons. The number of amides is 1. The molecule has 3 N–H and O–H groups in total. The molecule has 1 amide bonds. The smallest absolute Gasteiger partial charge is 0.274 e. The molecule has 1 aliphatic heterocycles. The number of carbonyl (C=O) groups excluding carboxylic acids is 1. The lowest BCUT2D eigenvalue weighted by Gasteiger charge is -2.18. The molecule has 2 atom stereocenters. The third kappa shape index (κ3) is 2.58. The van der Waals surface area contributed by atoms with Crippen LogP contribution in [0.3, 0.4) is 0 Å². The van der Waals surface area contributed by atoms with Crippen LogP contribution in [0.2, 0.25) is 0 Å². The second-order valence-electron chi connectivity index (χ2n) is 4.49. The number of nitrogen functional groups attached to an aromatic ring is 1. The van der Waals surface area contributed by atoms with Crippen LogP contribution in [-0.2, 0) is 11.8 Å². The summed E-state index contributed by atoms with van der Waals surface area (Å²) in [6.45, 7) is 3.46. The predicted octanol–water partition coefficient (Wildman–Crippen LogP) is 0.157. The molecule has 1 saturated heterocycles. The minimum atomic E-state index is -0.220. The molecule has 2 unspecified atom stereocenters. The molecule has 6 heteroatoms. The highest BCUT2D eigenvalue weighted by Crippen LogP contribution is 2.17. The van der Waals surface area contributed by atoms with E-state index in [1.165, 1.54) is 4.68 Å². The summed E-state index contributed by atoms with van der Waals surface area (Å²) in [6, 6.07) is 0.0754. The zero-order valence-corrected chi connectivity index (χ0v) is 10.1. The predicted molar refractivity (Wildman–Crippen MR) is 63.5 cm³/mol. The first-order chi connectivity index (χ1) is 8.08. The summed E-state index contributed by atoms with van der Waals surface area (Å²) < 4.78 is 6.83. The molecule has 94 valence electrons. The number of aromatic nitrogens is 2. The van der Waals surface area contributed by atoms with Gasteiger partial charge in [0.15, 0.2) is 5.69 Å². The second kappa shape index (κ2) is 4.75. The van der Waals surface area contributed by atoms with Gasteiger partial charge in [0.25, 0.3) is 5.91 Å². The Balaban J connectivity index is 1.98. The monoisotopic (exact) mass is 238 g/mol. The molecule has 2 rings (SSSR count). The van der Waals surface area contributed by atoms with Crippen molar-refractivity contribution in [2.24, 2.45) is 13.0 Å². The van der Waals surface area contributed by atoms with Gasteiger partial charge in [-0.3, -0.25) is 9.48 Å². The number of nitrogens with one attached hydrogen (secondary N) is 1. The molecular formula is C11H18N4O2. The lowest BCUT2D eigenvalue weighted by molar-refractivity contribution is 0.0917. The summed E-state index contributed by atoms with van der Waals surface area (Å²) in [4.78, 5) is 11.9. The molecule has 0 spiro atoms. The van der Waals surface area contributed by atoms with E-state index in [1.807, 2.05) is 6.92 Å². The summed E-state index contributed by atoms with van der Waals surface area (Å²) in [5.74, 6) is 0.159. The van der Waals surface area contributed by atoms with Gasteiger partial charge in [-0.25, -0.2) is 0 Å². The fraction of sp³-hybridized carbons (Fsp3) is 0.636. The van der Waals surface area contributed by atoms with Crippen LogP contribution in [0.25, 0.3) is 0 Å². The van der Waals surface area contributed by atoms with Gasteiger partial charge >= 0.3 is 0 Å². The van der Waals surface area contributed by atoms with Crippen LogP contribution in [0.15, 0.2) is 6.20 Å². The van der Waals surface area contributed by atoms with Crippen molar-refractivity contribution in [2.75, 3.05) is 18.9 Å². The lowest BCUT2D eigenvalue weighted by Crippen LogP contribution is -2.38. The summed E-state index contributed by atoms with van der Waals surface area (Å²) in [6.07, 6.45) is 2.61. The Bertz CT molecular complexity index is 410. The number of carbonyl (C=O) groups is 1. The van der Waals surface area contributed by atoms with Crippen LogP contribution in [-0.4, -0.2) is 34.9 Å². The van der Waals surface area contributed by atoms with Gasteiger partial charge in [0, 0.05) is 31.8 Å². The van der Waals surface area contributed by atoms with Crippen molar-refractivity contribution in [3.05, 3.63) is 11.9 Å². The van der Waals surface area contributed by atoms with E-state index >= 15 is 0 Å². The number of hydrogen-bond acceptors (Lipinski definition) is 4. The van der Waals surface area contributed by atoms with Gasteiger partial charge in [0.05, 0.1) is 12.3 Å². The van der Waals surface area contributed by atoms with Crippen LogP contribution in [0.4, 0.5) is 5.69 Å². The van der Waals surface area contributed by atoms with Crippen molar-refractivity contribution >= 4 is 11.6 Å². The average molecular weight is 238 g/mol. The number of ether oxygens (including phenoxy) is 1. The Morgan fingerprint density at radius 2 is 2.53 bits per heavy atom. The molecule has 0 bridgehead atoms. The molecule has 1 aliphatic rings. The highest BCUT2D eigenvalue weighted by atomic mass is 16.5. The van der Waals surface area contributed by atoms with E-state index in [9.17, 15) is 4.79 Å². The molecule has 6 nitrogen and oxygen atoms in total. The Morgan fingerprint density at radius 3 is 3.06 bits per heavy atom. The third-order valence-corrected chi connectivity index (χ3v) is 3.10. The molecule has 1 aromatic heterocycles. The first kappa shape index (κ1) is 11.9. The normalized spacial score (nSPS) is 21.4. The summed E-state index contributed by atoms with van der Waals surface area (Å²) in [5.41, 5.74) is 6.40. The lowest BCUT2D eigenvalue weighted by atomic mass is 10.0. The topological polar surface area (TPSA) is 82.2 Å². The van der Waals surface area contributed by atoms with Gasteiger partial charge in [-0.05, 0) is 13.3 Å². The molecular weight excluding hydrogens is 220 g/mol. The van der Waals surface area contributed by atoms with Gasteiger partial charge < -0.3 is 15.8 Å². The fourth-order valence-corrected chi connectivity index (χ4v) is 2.02. The van der Waals surface area contributed by atoms with E-state index in [2.05, 4.69) is 10.4 Å². The highest BCUT2D eigenvalue weighted by Gasteiger charge is 2.25. The summed E-state index contributed by atoms with van der Waals surface area (Å²) >= 11 is 0. The van der Waals surface area contributed by atoms with E-state index in [4.69, 9.17) is 10.5 Å². The van der Waals surface area contributed by atoms with Crippen molar-refractivity contribution in [3.63, 3.8) is 0 Å². The van der Waals surface area contributed by atoms with Crippen molar-refractivity contribution in [2.45, 2.75) is 19.4 Å². The first-order valence-electron chi connectivity index (χ1n) is 5.75. The van der Waals surface area contributed by atoms with Gasteiger partial charge in [-0.2, -0.15) is 5.10 Å². The van der Waals surface area contributed by atoms with Crippen LogP contribution < -0.4 is 11.1 Å². The number of nitrogens with two attached hydrogens (primary N) is 1.